The van der Waals surface area contributed by atoms with Gasteiger partial charge in [-0.3, -0.25) is 9.98 Å². The molecule has 0 fully saturated rings. The topological polar surface area (TPSA) is 65.2 Å². The fourth-order valence-corrected chi connectivity index (χ4v) is 2.90. The number of benzene rings is 3. The zero-order chi connectivity index (χ0) is 19.9. The van der Waals surface area contributed by atoms with Crippen molar-refractivity contribution in [3.8, 4) is 11.5 Å². The lowest BCUT2D eigenvalue weighted by molar-refractivity contribution is 0.473. The Balaban J connectivity index is 1.64. The molecule has 0 bridgehead atoms. The smallest absolute Gasteiger partial charge is 0.124 e. The summed E-state index contributed by atoms with van der Waals surface area (Å²) in [6.07, 6.45) is 0. The molecule has 142 valence electrons. The number of aromatic hydroxyl groups is 2. The maximum absolute atomic E-state index is 9.91. The SMILES string of the molecule is CC(=NCc1ccc(CN=C(C)c2ccccc2O)cc1)c1ccccc1O. The molecule has 0 amide bonds. The van der Waals surface area contributed by atoms with Gasteiger partial charge in [-0.15, -0.1) is 0 Å². The molecule has 4 nitrogen and oxygen atoms in total. The third-order valence-electron chi connectivity index (χ3n) is 4.61. The van der Waals surface area contributed by atoms with Crippen LogP contribution in [0.5, 0.6) is 11.5 Å². The van der Waals surface area contributed by atoms with Gasteiger partial charge in [0.25, 0.3) is 0 Å². The molecule has 0 aliphatic rings. The minimum atomic E-state index is 0.247. The van der Waals surface area contributed by atoms with Crippen LogP contribution in [0, 0.1) is 0 Å². The molecule has 3 aromatic carbocycles. The van der Waals surface area contributed by atoms with E-state index in [2.05, 4.69) is 9.98 Å². The first-order valence-electron chi connectivity index (χ1n) is 9.21. The van der Waals surface area contributed by atoms with Crippen LogP contribution in [0.15, 0.2) is 82.8 Å². The Morgan fingerprint density at radius 3 is 1.32 bits per heavy atom. The predicted octanol–water partition coefficient (Wildman–Crippen LogP) is 5.12. The molecule has 0 spiro atoms. The van der Waals surface area contributed by atoms with Gasteiger partial charge < -0.3 is 10.2 Å². The molecule has 0 unspecified atom stereocenters. The third-order valence-corrected chi connectivity index (χ3v) is 4.61. The van der Waals surface area contributed by atoms with Crippen LogP contribution in [0.4, 0.5) is 0 Å². The van der Waals surface area contributed by atoms with Crippen molar-refractivity contribution in [2.75, 3.05) is 0 Å². The number of para-hydroxylation sites is 2. The summed E-state index contributed by atoms with van der Waals surface area (Å²) in [5, 5.41) is 19.8. The Kier molecular flexibility index (Phi) is 6.22. The van der Waals surface area contributed by atoms with Gasteiger partial charge in [0.05, 0.1) is 13.1 Å². The fourth-order valence-electron chi connectivity index (χ4n) is 2.90. The van der Waals surface area contributed by atoms with Crippen LogP contribution < -0.4 is 0 Å². The Bertz CT molecular complexity index is 923. The van der Waals surface area contributed by atoms with Gasteiger partial charge in [-0.05, 0) is 49.2 Å². The molecule has 3 rings (SSSR count). The number of hydrogen-bond donors (Lipinski definition) is 2. The summed E-state index contributed by atoms with van der Waals surface area (Å²) in [5.41, 5.74) is 5.33. The van der Waals surface area contributed by atoms with E-state index in [0.29, 0.717) is 13.1 Å². The lowest BCUT2D eigenvalue weighted by Crippen LogP contribution is -1.97. The molecule has 2 N–H and O–H groups in total. The van der Waals surface area contributed by atoms with Crippen LogP contribution in [-0.4, -0.2) is 21.6 Å². The highest BCUT2D eigenvalue weighted by molar-refractivity contribution is 6.01. The van der Waals surface area contributed by atoms with Gasteiger partial charge in [-0.25, -0.2) is 0 Å². The van der Waals surface area contributed by atoms with Gasteiger partial charge in [0.15, 0.2) is 0 Å². The number of phenols is 2. The normalized spacial score (nSPS) is 12.2. The fraction of sp³-hybridized carbons (Fsp3) is 0.167. The second-order valence-corrected chi connectivity index (χ2v) is 6.65. The van der Waals surface area contributed by atoms with Crippen molar-refractivity contribution >= 4 is 11.4 Å². The highest BCUT2D eigenvalue weighted by atomic mass is 16.3. The summed E-state index contributed by atoms with van der Waals surface area (Å²) in [4.78, 5) is 9.16. The molecule has 0 aromatic heterocycles. The zero-order valence-electron chi connectivity index (χ0n) is 16.1. The van der Waals surface area contributed by atoms with Gasteiger partial charge in [-0.2, -0.15) is 0 Å². The first-order valence-corrected chi connectivity index (χ1v) is 9.21. The minimum Gasteiger partial charge on any atom is -0.507 e. The summed E-state index contributed by atoms with van der Waals surface area (Å²) in [6.45, 7) is 4.92. The predicted molar refractivity (Wildman–Crippen MR) is 114 cm³/mol. The number of hydrogen-bond acceptors (Lipinski definition) is 4. The molecule has 0 radical (unpaired) electrons. The van der Waals surface area contributed by atoms with E-state index in [0.717, 1.165) is 33.7 Å². The van der Waals surface area contributed by atoms with Crippen molar-refractivity contribution in [1.82, 2.24) is 0 Å². The summed E-state index contributed by atoms with van der Waals surface area (Å²) < 4.78 is 0. The van der Waals surface area contributed by atoms with Gasteiger partial charge in [0.2, 0.25) is 0 Å². The summed E-state index contributed by atoms with van der Waals surface area (Å²) in [6, 6.07) is 22.6. The third kappa shape index (κ3) is 4.86. The van der Waals surface area contributed by atoms with E-state index in [1.54, 1.807) is 24.3 Å². The molecule has 0 aliphatic heterocycles. The maximum Gasteiger partial charge on any atom is 0.124 e. The van der Waals surface area contributed by atoms with Crippen molar-refractivity contribution in [2.45, 2.75) is 26.9 Å². The number of phenolic OH excluding ortho intramolecular Hbond substituents is 2. The first kappa shape index (κ1) is 19.4. The lowest BCUT2D eigenvalue weighted by Gasteiger charge is -2.06. The molecule has 3 aromatic rings. The molecule has 0 heterocycles. The Morgan fingerprint density at radius 1 is 0.607 bits per heavy atom. The van der Waals surface area contributed by atoms with Crippen molar-refractivity contribution in [2.24, 2.45) is 9.98 Å². The zero-order valence-corrected chi connectivity index (χ0v) is 16.1. The Labute approximate surface area is 165 Å². The molecular weight excluding hydrogens is 348 g/mol. The average molecular weight is 372 g/mol. The number of rotatable bonds is 6. The van der Waals surface area contributed by atoms with E-state index in [1.165, 1.54) is 0 Å². The number of nitrogens with zero attached hydrogens (tertiary/aromatic N) is 2. The molecule has 4 heteroatoms. The van der Waals surface area contributed by atoms with Crippen LogP contribution in [0.25, 0.3) is 0 Å². The maximum atomic E-state index is 9.91. The molecule has 0 saturated carbocycles. The standard InChI is InChI=1S/C24H24N2O2/c1-17(21-7-3-5-9-23(21)27)25-15-19-11-13-20(14-12-19)16-26-18(2)22-8-4-6-10-24(22)28/h3-14,27-28H,15-16H2,1-2H3. The average Bonchev–Trinajstić information content (AvgIpc) is 2.71. The molecule has 0 saturated heterocycles. The van der Waals surface area contributed by atoms with E-state index in [1.807, 2.05) is 62.4 Å². The summed E-state index contributed by atoms with van der Waals surface area (Å²) >= 11 is 0. The Hall–Kier alpha value is -3.40. The van der Waals surface area contributed by atoms with Crippen molar-refractivity contribution < 1.29 is 10.2 Å². The lowest BCUT2D eigenvalue weighted by atomic mass is 10.1. The van der Waals surface area contributed by atoms with Gasteiger partial charge in [0.1, 0.15) is 11.5 Å². The largest absolute Gasteiger partial charge is 0.507 e. The van der Waals surface area contributed by atoms with Crippen LogP contribution >= 0.6 is 0 Å². The highest BCUT2D eigenvalue weighted by Crippen LogP contribution is 2.18. The van der Waals surface area contributed by atoms with Gasteiger partial charge in [0, 0.05) is 22.6 Å². The van der Waals surface area contributed by atoms with Crippen molar-refractivity contribution in [1.29, 1.82) is 0 Å². The minimum absolute atomic E-state index is 0.247. The van der Waals surface area contributed by atoms with Gasteiger partial charge in [-0.1, -0.05) is 48.5 Å². The first-order chi connectivity index (χ1) is 13.5. The quantitative estimate of drug-likeness (QED) is 0.590. The molecular formula is C24H24N2O2. The van der Waals surface area contributed by atoms with E-state index in [9.17, 15) is 10.2 Å². The highest BCUT2D eigenvalue weighted by Gasteiger charge is 2.04. The monoisotopic (exact) mass is 372 g/mol. The Morgan fingerprint density at radius 2 is 0.964 bits per heavy atom. The van der Waals surface area contributed by atoms with E-state index in [-0.39, 0.29) is 11.5 Å². The van der Waals surface area contributed by atoms with Crippen molar-refractivity contribution in [3.63, 3.8) is 0 Å². The number of aliphatic imine (C=N–C) groups is 2. The molecule has 28 heavy (non-hydrogen) atoms. The van der Waals surface area contributed by atoms with Crippen LogP contribution in [0.3, 0.4) is 0 Å². The van der Waals surface area contributed by atoms with Crippen LogP contribution in [-0.2, 0) is 13.1 Å². The second kappa shape index (κ2) is 9.00. The second-order valence-electron chi connectivity index (χ2n) is 6.65. The molecule has 0 atom stereocenters. The van der Waals surface area contributed by atoms with E-state index >= 15 is 0 Å². The van der Waals surface area contributed by atoms with E-state index in [4.69, 9.17) is 0 Å². The summed E-state index contributed by atoms with van der Waals surface area (Å²) in [5.74, 6) is 0.494. The van der Waals surface area contributed by atoms with Crippen LogP contribution in [0.2, 0.25) is 0 Å². The van der Waals surface area contributed by atoms with Crippen LogP contribution in [0.1, 0.15) is 36.1 Å². The van der Waals surface area contributed by atoms with Gasteiger partial charge >= 0.3 is 0 Å². The van der Waals surface area contributed by atoms with Crippen molar-refractivity contribution in [3.05, 3.63) is 95.1 Å². The van der Waals surface area contributed by atoms with E-state index < -0.39 is 0 Å². The summed E-state index contributed by atoms with van der Waals surface area (Å²) in [7, 11) is 0. The molecule has 0 aliphatic carbocycles.